The van der Waals surface area contributed by atoms with Crippen molar-refractivity contribution in [3.8, 4) is 23.0 Å². The predicted molar refractivity (Wildman–Crippen MR) is 145 cm³/mol. The average molecular weight is 531 g/mol. The number of aryl methyl sites for hydroxylation is 1. The summed E-state index contributed by atoms with van der Waals surface area (Å²) in [4.78, 5) is 26.3. The largest absolute Gasteiger partial charge is 0.436 e. The van der Waals surface area contributed by atoms with E-state index >= 15 is 0 Å². The van der Waals surface area contributed by atoms with Gasteiger partial charge in [-0.1, -0.05) is 49.9 Å². The van der Waals surface area contributed by atoms with Crippen molar-refractivity contribution in [3.05, 3.63) is 88.5 Å². The number of thioether (sulfide) groups is 1. The molecule has 0 aliphatic carbocycles. The molecular formula is C29H27FN4O3S. The van der Waals surface area contributed by atoms with Crippen LogP contribution in [0.15, 0.2) is 59.8 Å². The van der Waals surface area contributed by atoms with Gasteiger partial charge in [-0.25, -0.2) is 9.37 Å². The van der Waals surface area contributed by atoms with Crippen LogP contribution >= 0.6 is 11.8 Å². The second-order valence-electron chi connectivity index (χ2n) is 9.34. The first-order valence-electron chi connectivity index (χ1n) is 12.3. The molecule has 5 rings (SSSR count). The summed E-state index contributed by atoms with van der Waals surface area (Å²) < 4.78 is 20.8. The van der Waals surface area contributed by atoms with E-state index in [0.717, 1.165) is 5.56 Å². The highest BCUT2D eigenvalue weighted by molar-refractivity contribution is 8.00. The molecule has 2 aromatic carbocycles. The molecule has 1 aliphatic rings. The fourth-order valence-electron chi connectivity index (χ4n) is 4.26. The number of ether oxygens (including phenoxy) is 1. The molecule has 4 aromatic rings. The van der Waals surface area contributed by atoms with Gasteiger partial charge in [0.15, 0.2) is 11.6 Å². The van der Waals surface area contributed by atoms with Crippen LogP contribution in [0.4, 0.5) is 10.1 Å². The van der Waals surface area contributed by atoms with Gasteiger partial charge in [0.25, 0.3) is 0 Å². The quantitative estimate of drug-likeness (QED) is 0.196. The Morgan fingerprint density at radius 2 is 1.89 bits per heavy atom. The Kier molecular flexibility index (Phi) is 7.40. The van der Waals surface area contributed by atoms with Crippen molar-refractivity contribution < 1.29 is 19.0 Å². The Labute approximate surface area is 224 Å². The summed E-state index contributed by atoms with van der Waals surface area (Å²) in [6.45, 7) is 5.86. The Balaban J connectivity index is 1.46. The van der Waals surface area contributed by atoms with E-state index in [2.05, 4.69) is 34.1 Å². The van der Waals surface area contributed by atoms with Crippen molar-refractivity contribution in [1.29, 1.82) is 0 Å². The number of aliphatic hydroxyl groups excluding tert-OH is 1. The van der Waals surface area contributed by atoms with E-state index in [1.807, 2.05) is 31.2 Å². The first-order chi connectivity index (χ1) is 18.3. The Morgan fingerprint density at radius 1 is 1.13 bits per heavy atom. The number of hydrogen-bond donors (Lipinski definition) is 2. The number of amides is 1. The molecule has 0 fully saturated rings. The van der Waals surface area contributed by atoms with Gasteiger partial charge in [-0.15, -0.1) is 0 Å². The molecule has 0 spiro atoms. The molecule has 0 atom stereocenters. The van der Waals surface area contributed by atoms with Crippen LogP contribution in [0.1, 0.15) is 47.7 Å². The maximum absolute atomic E-state index is 14.6. The molecule has 0 bridgehead atoms. The molecule has 3 heterocycles. The van der Waals surface area contributed by atoms with Crippen LogP contribution in [0.2, 0.25) is 0 Å². The Morgan fingerprint density at radius 3 is 2.61 bits per heavy atom. The van der Waals surface area contributed by atoms with Gasteiger partial charge in [-0.3, -0.25) is 9.78 Å². The van der Waals surface area contributed by atoms with Gasteiger partial charge in [0, 0.05) is 29.4 Å². The Bertz CT molecular complexity index is 1510. The SMILES string of the molecule is Cc1ncc(CO)c2c1Oc1nc(-c3ccccc3F)nc(SCC(=O)Nc3ccc(C(C)C)cc3)c1C2. The minimum Gasteiger partial charge on any atom is -0.436 e. The van der Waals surface area contributed by atoms with E-state index in [4.69, 9.17) is 4.74 Å². The topological polar surface area (TPSA) is 97.2 Å². The van der Waals surface area contributed by atoms with Gasteiger partial charge in [0.05, 0.1) is 29.2 Å². The summed E-state index contributed by atoms with van der Waals surface area (Å²) in [5.41, 5.74) is 4.92. The van der Waals surface area contributed by atoms with Crippen molar-refractivity contribution in [2.24, 2.45) is 0 Å². The number of carbonyl (C=O) groups is 1. The number of rotatable bonds is 7. The van der Waals surface area contributed by atoms with Gasteiger partial charge in [0.2, 0.25) is 11.8 Å². The number of benzene rings is 2. The number of halogens is 1. The number of fused-ring (bicyclic) bond motifs is 2. The molecule has 0 unspecified atom stereocenters. The number of nitrogens with one attached hydrogen (secondary N) is 1. The number of carbonyl (C=O) groups excluding carboxylic acids is 1. The van der Waals surface area contributed by atoms with Crippen LogP contribution < -0.4 is 10.1 Å². The maximum Gasteiger partial charge on any atom is 0.234 e. The van der Waals surface area contributed by atoms with E-state index in [1.165, 1.54) is 23.4 Å². The molecule has 0 saturated heterocycles. The molecule has 9 heteroatoms. The van der Waals surface area contributed by atoms with Crippen LogP contribution in [-0.4, -0.2) is 31.7 Å². The number of hydrogen-bond acceptors (Lipinski definition) is 7. The van der Waals surface area contributed by atoms with Crippen LogP contribution in [0, 0.1) is 12.7 Å². The summed E-state index contributed by atoms with van der Waals surface area (Å²) in [5.74, 6) is 0.825. The molecular weight excluding hydrogens is 503 g/mol. The third-order valence-corrected chi connectivity index (χ3v) is 7.39. The smallest absolute Gasteiger partial charge is 0.234 e. The third-order valence-electron chi connectivity index (χ3n) is 6.37. The number of aliphatic hydroxyl groups is 1. The van der Waals surface area contributed by atoms with E-state index < -0.39 is 5.82 Å². The molecule has 194 valence electrons. The number of pyridine rings is 1. The van der Waals surface area contributed by atoms with Crippen molar-refractivity contribution >= 4 is 23.4 Å². The summed E-state index contributed by atoms with van der Waals surface area (Å²) in [6, 6.07) is 14.0. The first kappa shape index (κ1) is 25.8. The number of nitrogens with zero attached hydrogens (tertiary/aromatic N) is 3. The van der Waals surface area contributed by atoms with E-state index in [0.29, 0.717) is 45.6 Å². The standard InChI is InChI=1S/C29H27FN4O3S/c1-16(2)18-8-10-20(11-9-18)32-25(36)15-38-29-23-12-22-19(14-35)13-31-17(3)26(22)37-28(23)33-27(34-29)21-6-4-5-7-24(21)30/h4-11,13,16,35H,12,14-15H2,1-3H3,(H,32,36). The summed E-state index contributed by atoms with van der Waals surface area (Å²) in [6.07, 6.45) is 2.02. The summed E-state index contributed by atoms with van der Waals surface area (Å²) in [5, 5.41) is 13.3. The highest BCUT2D eigenvalue weighted by Crippen LogP contribution is 2.42. The highest BCUT2D eigenvalue weighted by Gasteiger charge is 2.28. The zero-order valence-corrected chi connectivity index (χ0v) is 22.1. The van der Waals surface area contributed by atoms with Gasteiger partial charge in [-0.05, 0) is 42.7 Å². The minimum atomic E-state index is -0.456. The average Bonchev–Trinajstić information content (AvgIpc) is 2.91. The van der Waals surface area contributed by atoms with E-state index in [1.54, 1.807) is 24.4 Å². The third kappa shape index (κ3) is 5.25. The zero-order chi connectivity index (χ0) is 26.8. The molecule has 0 radical (unpaired) electrons. The minimum absolute atomic E-state index is 0.0845. The molecule has 1 aliphatic heterocycles. The number of aromatic nitrogens is 3. The molecule has 0 saturated carbocycles. The summed E-state index contributed by atoms with van der Waals surface area (Å²) >= 11 is 1.23. The molecule has 2 N–H and O–H groups in total. The molecule has 1 amide bonds. The molecule has 38 heavy (non-hydrogen) atoms. The van der Waals surface area contributed by atoms with Crippen LogP contribution in [-0.2, 0) is 17.8 Å². The van der Waals surface area contributed by atoms with Crippen molar-refractivity contribution in [3.63, 3.8) is 0 Å². The molecule has 7 nitrogen and oxygen atoms in total. The first-order valence-corrected chi connectivity index (χ1v) is 13.3. The fraction of sp³-hybridized carbons (Fsp3) is 0.241. The van der Waals surface area contributed by atoms with Crippen molar-refractivity contribution in [1.82, 2.24) is 15.0 Å². The van der Waals surface area contributed by atoms with Crippen LogP contribution in [0.3, 0.4) is 0 Å². The normalized spacial score (nSPS) is 12.1. The van der Waals surface area contributed by atoms with Crippen LogP contribution in [0.25, 0.3) is 11.4 Å². The fourth-order valence-corrected chi connectivity index (χ4v) is 5.08. The maximum atomic E-state index is 14.6. The van der Waals surface area contributed by atoms with Crippen LogP contribution in [0.5, 0.6) is 11.6 Å². The Hall–Kier alpha value is -3.82. The lowest BCUT2D eigenvalue weighted by molar-refractivity contribution is -0.113. The van der Waals surface area contributed by atoms with E-state index in [-0.39, 0.29) is 35.5 Å². The van der Waals surface area contributed by atoms with Gasteiger partial charge >= 0.3 is 0 Å². The lowest BCUT2D eigenvalue weighted by Crippen LogP contribution is -2.16. The molecule has 2 aromatic heterocycles. The second-order valence-corrected chi connectivity index (χ2v) is 10.3. The lowest BCUT2D eigenvalue weighted by atomic mass is 9.99. The van der Waals surface area contributed by atoms with Gasteiger partial charge in [0.1, 0.15) is 10.8 Å². The number of anilines is 1. The van der Waals surface area contributed by atoms with Gasteiger partial charge in [-0.2, -0.15) is 4.98 Å². The monoisotopic (exact) mass is 530 g/mol. The summed E-state index contributed by atoms with van der Waals surface area (Å²) in [7, 11) is 0. The van der Waals surface area contributed by atoms with Crippen molar-refractivity contribution in [2.45, 2.75) is 44.7 Å². The van der Waals surface area contributed by atoms with E-state index in [9.17, 15) is 14.3 Å². The van der Waals surface area contributed by atoms with Gasteiger partial charge < -0.3 is 15.2 Å². The highest BCUT2D eigenvalue weighted by atomic mass is 32.2. The lowest BCUT2D eigenvalue weighted by Gasteiger charge is -2.24. The van der Waals surface area contributed by atoms with Crippen molar-refractivity contribution in [2.75, 3.05) is 11.1 Å². The second kappa shape index (κ2) is 10.9. The zero-order valence-electron chi connectivity index (χ0n) is 21.3. The predicted octanol–water partition coefficient (Wildman–Crippen LogP) is 6.03.